The summed E-state index contributed by atoms with van der Waals surface area (Å²) in [4.78, 5) is 0. The van der Waals surface area contributed by atoms with Crippen molar-refractivity contribution < 1.29 is 4.39 Å². The molecule has 0 aromatic heterocycles. The van der Waals surface area contributed by atoms with E-state index in [2.05, 4.69) is 52.1 Å². The Bertz CT molecular complexity index is 644. The van der Waals surface area contributed by atoms with E-state index in [0.29, 0.717) is 6.04 Å². The van der Waals surface area contributed by atoms with Gasteiger partial charge in [0.2, 0.25) is 0 Å². The third-order valence-electron chi connectivity index (χ3n) is 3.90. The number of halogens is 1. The van der Waals surface area contributed by atoms with Crippen molar-refractivity contribution in [2.45, 2.75) is 47.2 Å². The zero-order valence-corrected chi connectivity index (χ0v) is 13.5. The van der Waals surface area contributed by atoms with Crippen LogP contribution in [0.5, 0.6) is 0 Å². The fourth-order valence-corrected chi connectivity index (χ4v) is 2.52. The second-order valence-electron chi connectivity index (χ2n) is 6.09. The molecule has 0 fully saturated rings. The minimum absolute atomic E-state index is 0.184. The average Bonchev–Trinajstić information content (AvgIpc) is 2.41. The molecule has 2 heteroatoms. The lowest BCUT2D eigenvalue weighted by molar-refractivity contribution is 0.587. The van der Waals surface area contributed by atoms with Crippen molar-refractivity contribution in [2.24, 2.45) is 0 Å². The Morgan fingerprint density at radius 1 is 0.905 bits per heavy atom. The van der Waals surface area contributed by atoms with Gasteiger partial charge in [-0.05, 0) is 66.3 Å². The van der Waals surface area contributed by atoms with Crippen LogP contribution in [0, 0.1) is 26.6 Å². The summed E-state index contributed by atoms with van der Waals surface area (Å²) in [5, 5.41) is 3.41. The van der Waals surface area contributed by atoms with Gasteiger partial charge in [0, 0.05) is 12.6 Å². The Balaban J connectivity index is 2.51. The van der Waals surface area contributed by atoms with Crippen molar-refractivity contribution in [3.05, 3.63) is 58.4 Å². The smallest absolute Gasteiger partial charge is 0.123 e. The minimum atomic E-state index is -0.184. The molecule has 2 aromatic carbocycles. The Hall–Kier alpha value is -1.67. The summed E-state index contributed by atoms with van der Waals surface area (Å²) in [6.45, 7) is 11.3. The highest BCUT2D eigenvalue weighted by Crippen LogP contribution is 2.30. The maximum absolute atomic E-state index is 13.7. The van der Waals surface area contributed by atoms with Gasteiger partial charge in [-0.15, -0.1) is 0 Å². The van der Waals surface area contributed by atoms with Gasteiger partial charge in [0.05, 0.1) is 0 Å². The maximum Gasteiger partial charge on any atom is 0.123 e. The zero-order valence-electron chi connectivity index (χ0n) is 13.5. The number of nitrogens with one attached hydrogen (secondary N) is 1. The first kappa shape index (κ1) is 15.7. The monoisotopic (exact) mass is 285 g/mol. The fourth-order valence-electron chi connectivity index (χ4n) is 2.52. The first-order valence-electron chi connectivity index (χ1n) is 7.48. The van der Waals surface area contributed by atoms with Gasteiger partial charge >= 0.3 is 0 Å². The molecule has 0 saturated heterocycles. The van der Waals surface area contributed by atoms with Gasteiger partial charge < -0.3 is 5.32 Å². The van der Waals surface area contributed by atoms with Crippen molar-refractivity contribution in [1.29, 1.82) is 0 Å². The zero-order chi connectivity index (χ0) is 15.6. The van der Waals surface area contributed by atoms with E-state index in [1.807, 2.05) is 6.07 Å². The van der Waals surface area contributed by atoms with Gasteiger partial charge in [-0.2, -0.15) is 0 Å². The lowest BCUT2D eigenvalue weighted by Crippen LogP contribution is -2.22. The van der Waals surface area contributed by atoms with Crippen molar-refractivity contribution in [3.8, 4) is 11.1 Å². The van der Waals surface area contributed by atoms with Crippen LogP contribution >= 0.6 is 0 Å². The number of rotatable bonds is 4. The standard InChI is InChI=1S/C19H24FN/c1-12(2)21-11-16-6-7-17(20)10-19(16)18-9-14(4)13(3)8-15(18)5/h6-10,12,21H,11H2,1-5H3. The van der Waals surface area contributed by atoms with Crippen LogP contribution in [-0.2, 0) is 6.54 Å². The highest BCUT2D eigenvalue weighted by Gasteiger charge is 2.11. The number of aryl methyl sites for hydroxylation is 3. The minimum Gasteiger partial charge on any atom is -0.310 e. The number of hydrogen-bond acceptors (Lipinski definition) is 1. The van der Waals surface area contributed by atoms with E-state index >= 15 is 0 Å². The normalized spacial score (nSPS) is 11.2. The molecule has 0 spiro atoms. The second-order valence-corrected chi connectivity index (χ2v) is 6.09. The topological polar surface area (TPSA) is 12.0 Å². The lowest BCUT2D eigenvalue weighted by atomic mass is 9.92. The number of hydrogen-bond donors (Lipinski definition) is 1. The third kappa shape index (κ3) is 3.70. The van der Waals surface area contributed by atoms with Crippen molar-refractivity contribution >= 4 is 0 Å². The van der Waals surface area contributed by atoms with Crippen LogP contribution in [0.15, 0.2) is 30.3 Å². The van der Waals surface area contributed by atoms with Crippen LogP contribution in [0.2, 0.25) is 0 Å². The van der Waals surface area contributed by atoms with Crippen LogP contribution in [0.25, 0.3) is 11.1 Å². The number of benzene rings is 2. The molecule has 0 aliphatic carbocycles. The largest absolute Gasteiger partial charge is 0.310 e. The van der Waals surface area contributed by atoms with Gasteiger partial charge in [0.25, 0.3) is 0 Å². The fraction of sp³-hybridized carbons (Fsp3) is 0.368. The van der Waals surface area contributed by atoms with Crippen molar-refractivity contribution in [2.75, 3.05) is 0 Å². The summed E-state index contributed by atoms with van der Waals surface area (Å²) < 4.78 is 13.7. The molecule has 0 unspecified atom stereocenters. The van der Waals surface area contributed by atoms with Crippen LogP contribution in [0.3, 0.4) is 0 Å². The van der Waals surface area contributed by atoms with Gasteiger partial charge in [0.1, 0.15) is 5.82 Å². The predicted molar refractivity (Wildman–Crippen MR) is 88.0 cm³/mol. The van der Waals surface area contributed by atoms with E-state index in [0.717, 1.165) is 23.2 Å². The summed E-state index contributed by atoms with van der Waals surface area (Å²) >= 11 is 0. The molecule has 21 heavy (non-hydrogen) atoms. The van der Waals surface area contributed by atoms with E-state index < -0.39 is 0 Å². The van der Waals surface area contributed by atoms with Crippen LogP contribution in [0.1, 0.15) is 36.1 Å². The molecule has 2 aromatic rings. The predicted octanol–water partition coefficient (Wildman–Crippen LogP) is 4.92. The first-order chi connectivity index (χ1) is 9.88. The summed E-state index contributed by atoms with van der Waals surface area (Å²) in [5.41, 5.74) is 6.95. The molecule has 0 aliphatic rings. The highest BCUT2D eigenvalue weighted by molar-refractivity contribution is 5.72. The van der Waals surface area contributed by atoms with Gasteiger partial charge in [-0.1, -0.05) is 32.0 Å². The van der Waals surface area contributed by atoms with E-state index in [4.69, 9.17) is 0 Å². The van der Waals surface area contributed by atoms with Gasteiger partial charge in [-0.3, -0.25) is 0 Å². The third-order valence-corrected chi connectivity index (χ3v) is 3.90. The maximum atomic E-state index is 13.7. The molecule has 0 atom stereocenters. The molecule has 1 nitrogen and oxygen atoms in total. The summed E-state index contributed by atoms with van der Waals surface area (Å²) in [7, 11) is 0. The molecular formula is C19H24FN. The second kappa shape index (κ2) is 6.40. The molecule has 0 radical (unpaired) electrons. The molecule has 1 N–H and O–H groups in total. The molecule has 112 valence electrons. The molecule has 0 aliphatic heterocycles. The van der Waals surface area contributed by atoms with Crippen LogP contribution in [-0.4, -0.2) is 6.04 Å². The van der Waals surface area contributed by atoms with Crippen LogP contribution < -0.4 is 5.32 Å². The molecule has 0 amide bonds. The van der Waals surface area contributed by atoms with E-state index in [1.54, 1.807) is 6.07 Å². The van der Waals surface area contributed by atoms with Crippen molar-refractivity contribution in [3.63, 3.8) is 0 Å². The molecule has 0 heterocycles. The summed E-state index contributed by atoms with van der Waals surface area (Å²) in [6, 6.07) is 9.82. The molecule has 0 saturated carbocycles. The van der Waals surface area contributed by atoms with Crippen LogP contribution in [0.4, 0.5) is 4.39 Å². The van der Waals surface area contributed by atoms with E-state index in [1.165, 1.54) is 22.8 Å². The lowest BCUT2D eigenvalue weighted by Gasteiger charge is -2.16. The van der Waals surface area contributed by atoms with Crippen molar-refractivity contribution in [1.82, 2.24) is 5.32 Å². The van der Waals surface area contributed by atoms with E-state index in [9.17, 15) is 4.39 Å². The summed E-state index contributed by atoms with van der Waals surface area (Å²) in [6.07, 6.45) is 0. The summed E-state index contributed by atoms with van der Waals surface area (Å²) in [5.74, 6) is -0.184. The molecular weight excluding hydrogens is 261 g/mol. The quantitative estimate of drug-likeness (QED) is 0.841. The highest BCUT2D eigenvalue weighted by atomic mass is 19.1. The molecule has 0 bridgehead atoms. The van der Waals surface area contributed by atoms with Gasteiger partial charge in [0.15, 0.2) is 0 Å². The Kier molecular flexibility index (Phi) is 4.79. The van der Waals surface area contributed by atoms with Gasteiger partial charge in [-0.25, -0.2) is 4.39 Å². The Labute approximate surface area is 127 Å². The Morgan fingerprint density at radius 3 is 2.24 bits per heavy atom. The average molecular weight is 285 g/mol. The van der Waals surface area contributed by atoms with E-state index in [-0.39, 0.29) is 5.82 Å². The Morgan fingerprint density at radius 2 is 1.57 bits per heavy atom. The molecule has 2 rings (SSSR count). The first-order valence-corrected chi connectivity index (χ1v) is 7.48. The SMILES string of the molecule is Cc1cc(C)c(-c2cc(F)ccc2CNC(C)C)cc1C.